The summed E-state index contributed by atoms with van der Waals surface area (Å²) in [5, 5.41) is 9.02. The van der Waals surface area contributed by atoms with E-state index in [0.717, 1.165) is 5.56 Å². The van der Waals surface area contributed by atoms with Gasteiger partial charge in [-0.05, 0) is 12.5 Å². The van der Waals surface area contributed by atoms with E-state index in [4.69, 9.17) is 5.11 Å². The highest BCUT2D eigenvalue weighted by atomic mass is 32.2. The van der Waals surface area contributed by atoms with Crippen molar-refractivity contribution in [2.24, 2.45) is 0 Å². The molecule has 0 saturated carbocycles. The number of amides is 1. The van der Waals surface area contributed by atoms with Crippen LogP contribution < -0.4 is 0 Å². The topological polar surface area (TPSA) is 40.5 Å². The Bertz CT molecular complexity index is 377. The monoisotopic (exact) mass is 237 g/mol. The zero-order valence-corrected chi connectivity index (χ0v) is 10.0. The van der Waals surface area contributed by atoms with Crippen LogP contribution >= 0.6 is 11.8 Å². The molecule has 1 aromatic carbocycles. The molecule has 1 aromatic rings. The van der Waals surface area contributed by atoms with Gasteiger partial charge in [0.2, 0.25) is 5.91 Å². The lowest BCUT2D eigenvalue weighted by Crippen LogP contribution is -2.30. The van der Waals surface area contributed by atoms with Crippen molar-refractivity contribution in [1.29, 1.82) is 0 Å². The molecule has 0 spiro atoms. The van der Waals surface area contributed by atoms with Crippen LogP contribution in [-0.2, 0) is 4.79 Å². The van der Waals surface area contributed by atoms with Crippen molar-refractivity contribution < 1.29 is 9.90 Å². The van der Waals surface area contributed by atoms with E-state index in [1.54, 1.807) is 16.7 Å². The summed E-state index contributed by atoms with van der Waals surface area (Å²) >= 11 is 1.62. The molecular weight excluding hydrogens is 222 g/mol. The van der Waals surface area contributed by atoms with E-state index in [2.05, 4.69) is 24.3 Å². The molecule has 0 radical (unpaired) electrons. The molecule has 0 aromatic heterocycles. The molecule has 1 saturated heterocycles. The van der Waals surface area contributed by atoms with Crippen LogP contribution in [0.25, 0.3) is 0 Å². The molecule has 1 aliphatic heterocycles. The normalized spacial score (nSPS) is 20.5. The van der Waals surface area contributed by atoms with Gasteiger partial charge in [0.05, 0.1) is 12.4 Å². The van der Waals surface area contributed by atoms with Gasteiger partial charge in [-0.25, -0.2) is 0 Å². The van der Waals surface area contributed by atoms with Crippen molar-refractivity contribution in [3.8, 4) is 0 Å². The molecule has 16 heavy (non-hydrogen) atoms. The Hall–Kier alpha value is -1.00. The zero-order chi connectivity index (χ0) is 11.5. The van der Waals surface area contributed by atoms with E-state index < -0.39 is 0 Å². The number of aliphatic hydroxyl groups excluding tert-OH is 1. The molecule has 1 unspecified atom stereocenters. The largest absolute Gasteiger partial charge is 0.395 e. The van der Waals surface area contributed by atoms with Crippen LogP contribution in [0, 0.1) is 6.92 Å². The summed E-state index contributed by atoms with van der Waals surface area (Å²) in [7, 11) is 0. The first-order valence-corrected chi connectivity index (χ1v) is 6.36. The molecule has 3 nitrogen and oxygen atoms in total. The fraction of sp³-hybridized carbons (Fsp3) is 0.417. The fourth-order valence-electron chi connectivity index (χ4n) is 1.81. The average Bonchev–Trinajstić information content (AvgIpc) is 2.63. The molecule has 4 heteroatoms. The number of carbonyl (C=O) groups excluding carboxylic acids is 1. The van der Waals surface area contributed by atoms with Crippen molar-refractivity contribution in [3.63, 3.8) is 0 Å². The molecule has 1 heterocycles. The summed E-state index contributed by atoms with van der Waals surface area (Å²) in [4.78, 5) is 13.4. The van der Waals surface area contributed by atoms with E-state index in [9.17, 15) is 4.79 Å². The third-order valence-corrected chi connectivity index (χ3v) is 3.93. The molecule has 1 N–H and O–H groups in total. The van der Waals surface area contributed by atoms with Crippen LogP contribution in [0.1, 0.15) is 16.5 Å². The van der Waals surface area contributed by atoms with E-state index >= 15 is 0 Å². The number of aryl methyl sites for hydroxylation is 1. The van der Waals surface area contributed by atoms with Crippen molar-refractivity contribution in [1.82, 2.24) is 4.90 Å². The first-order valence-electron chi connectivity index (χ1n) is 5.31. The first-order chi connectivity index (χ1) is 7.72. The van der Waals surface area contributed by atoms with Crippen LogP contribution in [0.3, 0.4) is 0 Å². The van der Waals surface area contributed by atoms with Gasteiger partial charge in [0.1, 0.15) is 5.37 Å². The maximum Gasteiger partial charge on any atom is 0.233 e. The Morgan fingerprint density at radius 1 is 1.44 bits per heavy atom. The van der Waals surface area contributed by atoms with Crippen molar-refractivity contribution >= 4 is 17.7 Å². The maximum atomic E-state index is 11.6. The van der Waals surface area contributed by atoms with E-state index in [1.165, 1.54) is 5.56 Å². The predicted octanol–water partition coefficient (Wildman–Crippen LogP) is 1.56. The molecular formula is C12H15NO2S. The van der Waals surface area contributed by atoms with Gasteiger partial charge in [0.25, 0.3) is 0 Å². The highest BCUT2D eigenvalue weighted by Crippen LogP contribution is 2.38. The van der Waals surface area contributed by atoms with Crippen LogP contribution in [-0.4, -0.2) is 34.8 Å². The number of benzene rings is 1. The summed E-state index contributed by atoms with van der Waals surface area (Å²) in [5.41, 5.74) is 2.35. The molecule has 1 amide bonds. The summed E-state index contributed by atoms with van der Waals surface area (Å²) in [5.74, 6) is 0.628. The second-order valence-corrected chi connectivity index (χ2v) is 4.95. The van der Waals surface area contributed by atoms with E-state index in [1.807, 2.05) is 6.92 Å². The van der Waals surface area contributed by atoms with Gasteiger partial charge < -0.3 is 10.0 Å². The van der Waals surface area contributed by atoms with Gasteiger partial charge in [0, 0.05) is 6.54 Å². The SMILES string of the molecule is Cc1ccc(C2SCC(=O)N2CCO)cc1. The smallest absolute Gasteiger partial charge is 0.233 e. The van der Waals surface area contributed by atoms with Gasteiger partial charge in [-0.1, -0.05) is 29.8 Å². The van der Waals surface area contributed by atoms with Gasteiger partial charge in [-0.3, -0.25) is 4.79 Å². The van der Waals surface area contributed by atoms with Gasteiger partial charge in [0.15, 0.2) is 0 Å². The lowest BCUT2D eigenvalue weighted by atomic mass is 10.1. The van der Waals surface area contributed by atoms with E-state index in [0.29, 0.717) is 12.3 Å². The number of rotatable bonds is 3. The number of hydrogen-bond acceptors (Lipinski definition) is 3. The number of thioether (sulfide) groups is 1. The van der Waals surface area contributed by atoms with Gasteiger partial charge >= 0.3 is 0 Å². The predicted molar refractivity (Wildman–Crippen MR) is 65.2 cm³/mol. The van der Waals surface area contributed by atoms with Crippen LogP contribution in [0.5, 0.6) is 0 Å². The van der Waals surface area contributed by atoms with Gasteiger partial charge in [-0.2, -0.15) is 0 Å². The molecule has 0 aliphatic carbocycles. The van der Waals surface area contributed by atoms with Crippen LogP contribution in [0.4, 0.5) is 0 Å². The Kier molecular flexibility index (Phi) is 3.51. The first kappa shape index (κ1) is 11.5. The van der Waals surface area contributed by atoms with Crippen molar-refractivity contribution in [3.05, 3.63) is 35.4 Å². The second-order valence-electron chi connectivity index (χ2n) is 3.88. The molecule has 2 rings (SSSR count). The minimum atomic E-state index is 0.0225. The number of aliphatic hydroxyl groups is 1. The molecule has 0 bridgehead atoms. The third kappa shape index (κ3) is 2.23. The Labute approximate surface area is 99.5 Å². The fourth-order valence-corrected chi connectivity index (χ4v) is 3.03. The standard InChI is InChI=1S/C12H15NO2S/c1-9-2-4-10(5-3-9)12-13(6-7-14)11(15)8-16-12/h2-5,12,14H,6-8H2,1H3. The Morgan fingerprint density at radius 2 is 2.12 bits per heavy atom. The highest BCUT2D eigenvalue weighted by Gasteiger charge is 2.31. The number of carbonyl (C=O) groups is 1. The molecule has 1 atom stereocenters. The second kappa shape index (κ2) is 4.89. The summed E-state index contributed by atoms with van der Waals surface area (Å²) in [6, 6.07) is 8.21. The van der Waals surface area contributed by atoms with Gasteiger partial charge in [-0.15, -0.1) is 11.8 Å². The Balaban J connectivity index is 2.19. The average molecular weight is 237 g/mol. The number of β-amino-alcohol motifs (C(OH)–C–C–N with tert-alkyl or cyclic N) is 1. The minimum absolute atomic E-state index is 0.0225. The number of hydrogen-bond donors (Lipinski definition) is 1. The molecule has 1 aliphatic rings. The lowest BCUT2D eigenvalue weighted by Gasteiger charge is -2.23. The zero-order valence-electron chi connectivity index (χ0n) is 9.22. The Morgan fingerprint density at radius 3 is 2.75 bits per heavy atom. The van der Waals surface area contributed by atoms with Crippen molar-refractivity contribution in [2.75, 3.05) is 18.9 Å². The third-order valence-electron chi connectivity index (χ3n) is 2.67. The molecule has 1 fully saturated rings. The lowest BCUT2D eigenvalue weighted by molar-refractivity contribution is -0.128. The van der Waals surface area contributed by atoms with Crippen molar-refractivity contribution in [2.45, 2.75) is 12.3 Å². The summed E-state index contributed by atoms with van der Waals surface area (Å²) < 4.78 is 0. The van der Waals surface area contributed by atoms with Crippen LogP contribution in [0.15, 0.2) is 24.3 Å². The maximum absolute atomic E-state index is 11.6. The van der Waals surface area contributed by atoms with Crippen LogP contribution in [0.2, 0.25) is 0 Å². The van der Waals surface area contributed by atoms with E-state index in [-0.39, 0.29) is 17.9 Å². The quantitative estimate of drug-likeness (QED) is 0.867. The summed E-state index contributed by atoms with van der Waals surface area (Å²) in [6.45, 7) is 2.49. The summed E-state index contributed by atoms with van der Waals surface area (Å²) in [6.07, 6.45) is 0. The minimum Gasteiger partial charge on any atom is -0.395 e. The highest BCUT2D eigenvalue weighted by molar-refractivity contribution is 8.00. The number of nitrogens with zero attached hydrogens (tertiary/aromatic N) is 1. The molecule has 86 valence electrons.